The summed E-state index contributed by atoms with van der Waals surface area (Å²) in [6.45, 7) is 0. The minimum Gasteiger partial charge on any atom is -0.494 e. The SMILES string of the molecule is COC1=C(OC)c2c(OC)nc3nc4c(OC)cccc4cc3c2C(=O)C1=O. The summed E-state index contributed by atoms with van der Waals surface area (Å²) in [6, 6.07) is 7.18. The molecule has 1 aromatic carbocycles. The number of nitrogens with zero attached hydrogens (tertiary/aromatic N) is 2. The fraction of sp³-hybridized carbons (Fsp3) is 0.200. The number of Topliss-reactive ketones (excluding diaryl/α,β-unsaturated/α-hetero) is 2. The molecule has 1 aliphatic rings. The second kappa shape index (κ2) is 6.49. The van der Waals surface area contributed by atoms with Gasteiger partial charge in [0.25, 0.3) is 5.78 Å². The summed E-state index contributed by atoms with van der Waals surface area (Å²) in [4.78, 5) is 34.5. The molecule has 0 bridgehead atoms. The van der Waals surface area contributed by atoms with Crippen molar-refractivity contribution >= 4 is 39.3 Å². The second-order valence-electron chi connectivity index (χ2n) is 5.99. The van der Waals surface area contributed by atoms with E-state index in [1.807, 2.05) is 12.1 Å². The maximum Gasteiger partial charge on any atom is 0.271 e. The molecule has 2 aromatic heterocycles. The zero-order valence-corrected chi connectivity index (χ0v) is 15.7. The van der Waals surface area contributed by atoms with Crippen LogP contribution in [0.1, 0.15) is 15.9 Å². The Morgan fingerprint density at radius 3 is 2.18 bits per heavy atom. The highest BCUT2D eigenvalue weighted by Gasteiger charge is 2.39. The summed E-state index contributed by atoms with van der Waals surface area (Å²) < 4.78 is 21.2. The highest BCUT2D eigenvalue weighted by atomic mass is 16.5. The standard InChI is InChI=1S/C20H16N2O6/c1-25-11-7-5-6-9-8-10-12-13(20(28-4)22-19(10)21-14(9)11)17(26-2)18(27-3)16(24)15(12)23/h5-8H,1-4H3. The number of carbonyl (C=O) groups is 2. The molecule has 28 heavy (non-hydrogen) atoms. The van der Waals surface area contributed by atoms with Crippen molar-refractivity contribution in [3.63, 3.8) is 0 Å². The lowest BCUT2D eigenvalue weighted by Gasteiger charge is -2.22. The van der Waals surface area contributed by atoms with Crippen molar-refractivity contribution < 1.29 is 28.5 Å². The van der Waals surface area contributed by atoms with Gasteiger partial charge in [0.2, 0.25) is 17.4 Å². The Hall–Kier alpha value is -3.68. The molecule has 0 atom stereocenters. The number of carbonyl (C=O) groups excluding carboxylic acids is 2. The van der Waals surface area contributed by atoms with Crippen LogP contribution in [0, 0.1) is 0 Å². The molecule has 3 aromatic rings. The number of ketones is 2. The molecule has 0 radical (unpaired) electrons. The molecular formula is C20H16N2O6. The molecule has 8 nitrogen and oxygen atoms in total. The third kappa shape index (κ3) is 2.31. The van der Waals surface area contributed by atoms with Crippen molar-refractivity contribution in [1.29, 1.82) is 0 Å². The van der Waals surface area contributed by atoms with Crippen molar-refractivity contribution in [2.45, 2.75) is 0 Å². The van der Waals surface area contributed by atoms with Gasteiger partial charge in [-0.2, -0.15) is 4.98 Å². The van der Waals surface area contributed by atoms with Gasteiger partial charge in [-0.25, -0.2) is 4.98 Å². The van der Waals surface area contributed by atoms with Crippen LogP contribution >= 0.6 is 0 Å². The summed E-state index contributed by atoms with van der Waals surface area (Å²) in [5.41, 5.74) is 1.23. The minimum atomic E-state index is -0.799. The van der Waals surface area contributed by atoms with E-state index in [9.17, 15) is 9.59 Å². The first-order valence-corrected chi connectivity index (χ1v) is 8.32. The van der Waals surface area contributed by atoms with Crippen LogP contribution in [0.3, 0.4) is 0 Å². The van der Waals surface area contributed by atoms with Crippen molar-refractivity contribution in [3.8, 4) is 11.6 Å². The van der Waals surface area contributed by atoms with Crippen LogP contribution in [-0.4, -0.2) is 50.0 Å². The van der Waals surface area contributed by atoms with Crippen molar-refractivity contribution in [1.82, 2.24) is 9.97 Å². The molecule has 0 fully saturated rings. The molecule has 0 saturated carbocycles. The number of hydrogen-bond acceptors (Lipinski definition) is 8. The van der Waals surface area contributed by atoms with Gasteiger partial charge in [0.05, 0.1) is 39.6 Å². The number of methoxy groups -OCH3 is 4. The number of fused-ring (bicyclic) bond motifs is 4. The zero-order chi connectivity index (χ0) is 20.0. The topological polar surface area (TPSA) is 96.8 Å². The van der Waals surface area contributed by atoms with Crippen LogP contribution in [0.25, 0.3) is 27.7 Å². The van der Waals surface area contributed by atoms with Crippen molar-refractivity contribution in [3.05, 3.63) is 41.2 Å². The van der Waals surface area contributed by atoms with Crippen LogP contribution in [0.5, 0.6) is 11.6 Å². The molecule has 0 amide bonds. The molecule has 142 valence electrons. The Bertz CT molecular complexity index is 1200. The number of ether oxygens (including phenoxy) is 4. The fourth-order valence-electron chi connectivity index (χ4n) is 3.40. The van der Waals surface area contributed by atoms with Gasteiger partial charge in [0.1, 0.15) is 11.3 Å². The van der Waals surface area contributed by atoms with E-state index in [0.717, 1.165) is 5.39 Å². The van der Waals surface area contributed by atoms with E-state index in [0.29, 0.717) is 16.7 Å². The number of rotatable bonds is 4. The highest BCUT2D eigenvalue weighted by molar-refractivity contribution is 6.53. The molecular weight excluding hydrogens is 364 g/mol. The van der Waals surface area contributed by atoms with Gasteiger partial charge in [-0.3, -0.25) is 9.59 Å². The molecule has 0 unspecified atom stereocenters. The second-order valence-corrected chi connectivity index (χ2v) is 5.99. The minimum absolute atomic E-state index is 0.0964. The van der Waals surface area contributed by atoms with E-state index < -0.39 is 11.6 Å². The quantitative estimate of drug-likeness (QED) is 0.503. The maximum absolute atomic E-state index is 12.9. The molecule has 0 saturated heterocycles. The third-order valence-electron chi connectivity index (χ3n) is 4.62. The van der Waals surface area contributed by atoms with Crippen LogP contribution in [-0.2, 0) is 14.3 Å². The van der Waals surface area contributed by atoms with Gasteiger partial charge < -0.3 is 18.9 Å². The third-order valence-corrected chi connectivity index (χ3v) is 4.62. The van der Waals surface area contributed by atoms with Crippen molar-refractivity contribution in [2.24, 2.45) is 0 Å². The monoisotopic (exact) mass is 380 g/mol. The normalized spacial score (nSPS) is 13.7. The largest absolute Gasteiger partial charge is 0.494 e. The summed E-state index contributed by atoms with van der Waals surface area (Å²) in [5, 5.41) is 1.15. The first-order valence-electron chi connectivity index (χ1n) is 8.32. The van der Waals surface area contributed by atoms with Crippen LogP contribution in [0.4, 0.5) is 0 Å². The fourth-order valence-corrected chi connectivity index (χ4v) is 3.40. The lowest BCUT2D eigenvalue weighted by molar-refractivity contribution is -0.114. The summed E-state index contributed by atoms with van der Waals surface area (Å²) in [5.74, 6) is -0.945. The van der Waals surface area contributed by atoms with Gasteiger partial charge in [-0.1, -0.05) is 12.1 Å². The Labute approximate surface area is 159 Å². The maximum atomic E-state index is 12.9. The number of benzene rings is 1. The number of aromatic nitrogens is 2. The lowest BCUT2D eigenvalue weighted by Crippen LogP contribution is -2.26. The molecule has 0 spiro atoms. The van der Waals surface area contributed by atoms with Gasteiger partial charge >= 0.3 is 0 Å². The van der Waals surface area contributed by atoms with Crippen LogP contribution in [0.15, 0.2) is 30.0 Å². The van der Waals surface area contributed by atoms with E-state index in [1.165, 1.54) is 21.3 Å². The van der Waals surface area contributed by atoms with E-state index in [-0.39, 0.29) is 34.2 Å². The predicted octanol–water partition coefficient (Wildman–Crippen LogP) is 2.53. The zero-order valence-electron chi connectivity index (χ0n) is 15.7. The lowest BCUT2D eigenvalue weighted by atomic mass is 9.90. The Morgan fingerprint density at radius 1 is 0.786 bits per heavy atom. The van der Waals surface area contributed by atoms with Gasteiger partial charge in [0.15, 0.2) is 11.4 Å². The van der Waals surface area contributed by atoms with Crippen molar-refractivity contribution in [2.75, 3.05) is 28.4 Å². The van der Waals surface area contributed by atoms with Gasteiger partial charge in [-0.05, 0) is 12.1 Å². The Kier molecular flexibility index (Phi) is 4.11. The number of para-hydroxylation sites is 1. The Morgan fingerprint density at radius 2 is 1.54 bits per heavy atom. The van der Waals surface area contributed by atoms with E-state index in [2.05, 4.69) is 9.97 Å². The summed E-state index contributed by atoms with van der Waals surface area (Å²) in [6.07, 6.45) is 0. The number of allylic oxidation sites excluding steroid dienone is 1. The van der Waals surface area contributed by atoms with Gasteiger partial charge in [-0.15, -0.1) is 0 Å². The smallest absolute Gasteiger partial charge is 0.271 e. The average Bonchev–Trinajstić information content (AvgIpc) is 2.72. The van der Waals surface area contributed by atoms with Gasteiger partial charge in [0, 0.05) is 10.8 Å². The average molecular weight is 380 g/mol. The molecule has 4 rings (SSSR count). The van der Waals surface area contributed by atoms with Crippen LogP contribution < -0.4 is 9.47 Å². The number of hydrogen-bond donors (Lipinski definition) is 0. The first-order chi connectivity index (χ1) is 13.5. The Balaban J connectivity index is 2.19. The van der Waals surface area contributed by atoms with Crippen LogP contribution in [0.2, 0.25) is 0 Å². The predicted molar refractivity (Wildman–Crippen MR) is 100 cm³/mol. The molecule has 8 heteroatoms. The first kappa shape index (κ1) is 17.7. The molecule has 0 N–H and O–H groups in total. The molecule has 0 aliphatic heterocycles. The van der Waals surface area contributed by atoms with E-state index >= 15 is 0 Å². The summed E-state index contributed by atoms with van der Waals surface area (Å²) in [7, 11) is 5.64. The molecule has 2 heterocycles. The number of pyridine rings is 2. The molecule has 1 aliphatic carbocycles. The van der Waals surface area contributed by atoms with E-state index in [1.54, 1.807) is 19.2 Å². The van der Waals surface area contributed by atoms with E-state index in [4.69, 9.17) is 18.9 Å². The summed E-state index contributed by atoms with van der Waals surface area (Å²) >= 11 is 0. The highest BCUT2D eigenvalue weighted by Crippen LogP contribution is 2.40.